The van der Waals surface area contributed by atoms with E-state index in [1.54, 1.807) is 25.1 Å². The first-order chi connectivity index (χ1) is 7.90. The van der Waals surface area contributed by atoms with E-state index >= 15 is 0 Å². The van der Waals surface area contributed by atoms with Gasteiger partial charge in [-0.2, -0.15) is 0 Å². The van der Waals surface area contributed by atoms with E-state index in [2.05, 4.69) is 4.72 Å². The number of nitrogens with one attached hydrogen (secondary N) is 1. The number of aryl methyl sites for hydroxylation is 1. The standard InChI is InChI=1S/C12H18ClNO2S/c1-4-11(5-2)14-17(15,16)12-7-6-10(13)8-9(12)3/h6-8,11,14H,4-5H2,1-3H3. The summed E-state index contributed by atoms with van der Waals surface area (Å²) >= 11 is 5.81. The van der Waals surface area contributed by atoms with Crippen LogP contribution in [0.2, 0.25) is 5.02 Å². The first kappa shape index (κ1) is 14.5. The molecular formula is C12H18ClNO2S. The Morgan fingerprint density at radius 1 is 1.29 bits per heavy atom. The van der Waals surface area contributed by atoms with Crippen molar-refractivity contribution in [2.75, 3.05) is 0 Å². The zero-order chi connectivity index (χ0) is 13.1. The number of hydrogen-bond acceptors (Lipinski definition) is 2. The Morgan fingerprint density at radius 2 is 1.88 bits per heavy atom. The third kappa shape index (κ3) is 3.69. The summed E-state index contributed by atoms with van der Waals surface area (Å²) in [6.07, 6.45) is 1.56. The largest absolute Gasteiger partial charge is 0.241 e. The Kier molecular flexibility index (Phi) is 4.98. The molecular weight excluding hydrogens is 258 g/mol. The van der Waals surface area contributed by atoms with E-state index in [4.69, 9.17) is 11.6 Å². The highest BCUT2D eigenvalue weighted by Gasteiger charge is 2.19. The molecule has 0 aliphatic carbocycles. The van der Waals surface area contributed by atoms with Crippen molar-refractivity contribution in [3.63, 3.8) is 0 Å². The van der Waals surface area contributed by atoms with Gasteiger partial charge in [0.05, 0.1) is 4.90 Å². The van der Waals surface area contributed by atoms with Gasteiger partial charge >= 0.3 is 0 Å². The second-order valence-corrected chi connectivity index (χ2v) is 6.16. The van der Waals surface area contributed by atoms with Crippen molar-refractivity contribution in [2.45, 2.75) is 44.6 Å². The lowest BCUT2D eigenvalue weighted by molar-refractivity contribution is 0.530. The third-order valence-corrected chi connectivity index (χ3v) is 4.65. The van der Waals surface area contributed by atoms with E-state index in [9.17, 15) is 8.42 Å². The molecule has 17 heavy (non-hydrogen) atoms. The van der Waals surface area contributed by atoms with Gasteiger partial charge in [0.15, 0.2) is 0 Å². The van der Waals surface area contributed by atoms with Gasteiger partial charge in [-0.25, -0.2) is 13.1 Å². The molecule has 0 amide bonds. The molecule has 96 valence electrons. The van der Waals surface area contributed by atoms with Gasteiger partial charge in [0.25, 0.3) is 0 Å². The van der Waals surface area contributed by atoms with E-state index in [-0.39, 0.29) is 6.04 Å². The van der Waals surface area contributed by atoms with E-state index in [1.807, 2.05) is 13.8 Å². The van der Waals surface area contributed by atoms with E-state index in [0.29, 0.717) is 15.5 Å². The summed E-state index contributed by atoms with van der Waals surface area (Å²) in [6.45, 7) is 5.67. The Bertz CT molecular complexity index is 481. The first-order valence-electron chi connectivity index (χ1n) is 5.69. The molecule has 0 aromatic heterocycles. The van der Waals surface area contributed by atoms with Crippen molar-refractivity contribution in [3.8, 4) is 0 Å². The topological polar surface area (TPSA) is 46.2 Å². The van der Waals surface area contributed by atoms with Crippen LogP contribution < -0.4 is 4.72 Å². The van der Waals surface area contributed by atoms with Gasteiger partial charge < -0.3 is 0 Å². The minimum atomic E-state index is -3.44. The molecule has 0 fully saturated rings. The number of rotatable bonds is 5. The summed E-state index contributed by atoms with van der Waals surface area (Å²) in [7, 11) is -3.44. The molecule has 1 aromatic carbocycles. The van der Waals surface area contributed by atoms with Crippen LogP contribution in [0.25, 0.3) is 0 Å². The molecule has 0 aliphatic heterocycles. The molecule has 0 bridgehead atoms. The zero-order valence-electron chi connectivity index (χ0n) is 10.3. The normalized spacial score (nSPS) is 12.1. The summed E-state index contributed by atoms with van der Waals surface area (Å²) in [5.41, 5.74) is 0.663. The summed E-state index contributed by atoms with van der Waals surface area (Å²) in [4.78, 5) is 0.300. The second-order valence-electron chi connectivity index (χ2n) is 4.04. The van der Waals surface area contributed by atoms with Crippen LogP contribution in [0.5, 0.6) is 0 Å². The summed E-state index contributed by atoms with van der Waals surface area (Å²) < 4.78 is 27.0. The van der Waals surface area contributed by atoms with Crippen LogP contribution in [-0.4, -0.2) is 14.5 Å². The maximum atomic E-state index is 12.1. The lowest BCUT2D eigenvalue weighted by Crippen LogP contribution is -2.34. The second kappa shape index (κ2) is 5.85. The molecule has 0 heterocycles. The number of sulfonamides is 1. The number of benzene rings is 1. The predicted octanol–water partition coefficient (Wildman–Crippen LogP) is 3.12. The lowest BCUT2D eigenvalue weighted by Gasteiger charge is -2.16. The monoisotopic (exact) mass is 275 g/mol. The molecule has 0 aliphatic rings. The van der Waals surface area contributed by atoms with Crippen molar-refractivity contribution in [1.82, 2.24) is 4.72 Å². The highest BCUT2D eigenvalue weighted by Crippen LogP contribution is 2.20. The minimum Gasteiger partial charge on any atom is -0.208 e. The summed E-state index contributed by atoms with van der Waals surface area (Å²) in [5.74, 6) is 0. The fraction of sp³-hybridized carbons (Fsp3) is 0.500. The van der Waals surface area contributed by atoms with Gasteiger partial charge in [-0.3, -0.25) is 0 Å². The zero-order valence-corrected chi connectivity index (χ0v) is 11.9. The summed E-state index contributed by atoms with van der Waals surface area (Å²) in [6, 6.07) is 4.77. The van der Waals surface area contributed by atoms with Gasteiger partial charge in [-0.15, -0.1) is 0 Å². The quantitative estimate of drug-likeness (QED) is 0.897. The van der Waals surface area contributed by atoms with Gasteiger partial charge in [-0.1, -0.05) is 25.4 Å². The number of hydrogen-bond donors (Lipinski definition) is 1. The van der Waals surface area contributed by atoms with E-state index < -0.39 is 10.0 Å². The average Bonchev–Trinajstić information content (AvgIpc) is 2.25. The number of halogens is 1. The molecule has 5 heteroatoms. The Hall–Kier alpha value is -0.580. The van der Waals surface area contributed by atoms with Crippen molar-refractivity contribution < 1.29 is 8.42 Å². The maximum Gasteiger partial charge on any atom is 0.241 e. The molecule has 0 unspecified atom stereocenters. The van der Waals surface area contributed by atoms with Gasteiger partial charge in [-0.05, 0) is 43.5 Å². The van der Waals surface area contributed by atoms with Crippen LogP contribution >= 0.6 is 11.6 Å². The van der Waals surface area contributed by atoms with Crippen molar-refractivity contribution in [2.24, 2.45) is 0 Å². The highest BCUT2D eigenvalue weighted by molar-refractivity contribution is 7.89. The first-order valence-corrected chi connectivity index (χ1v) is 7.55. The molecule has 3 nitrogen and oxygen atoms in total. The van der Waals surface area contributed by atoms with Crippen molar-refractivity contribution in [3.05, 3.63) is 28.8 Å². The van der Waals surface area contributed by atoms with Gasteiger partial charge in [0.2, 0.25) is 10.0 Å². The minimum absolute atomic E-state index is 0.0184. The van der Waals surface area contributed by atoms with Gasteiger partial charge in [0, 0.05) is 11.1 Å². The van der Waals surface area contributed by atoms with Crippen LogP contribution in [0, 0.1) is 6.92 Å². The lowest BCUT2D eigenvalue weighted by atomic mass is 10.2. The van der Waals surface area contributed by atoms with Gasteiger partial charge in [0.1, 0.15) is 0 Å². The maximum absolute atomic E-state index is 12.1. The molecule has 0 saturated heterocycles. The van der Waals surface area contributed by atoms with Crippen LogP contribution in [0.15, 0.2) is 23.1 Å². The molecule has 1 N–H and O–H groups in total. The predicted molar refractivity (Wildman–Crippen MR) is 70.9 cm³/mol. The summed E-state index contributed by atoms with van der Waals surface area (Å²) in [5, 5.41) is 0.545. The van der Waals surface area contributed by atoms with Crippen LogP contribution in [0.1, 0.15) is 32.3 Å². The molecule has 1 aromatic rings. The molecule has 0 radical (unpaired) electrons. The smallest absolute Gasteiger partial charge is 0.208 e. The fourth-order valence-electron chi connectivity index (χ4n) is 1.65. The Labute approximate surface area is 108 Å². The van der Waals surface area contributed by atoms with Crippen LogP contribution in [0.4, 0.5) is 0 Å². The van der Waals surface area contributed by atoms with Crippen molar-refractivity contribution in [1.29, 1.82) is 0 Å². The molecule has 0 atom stereocenters. The van der Waals surface area contributed by atoms with E-state index in [0.717, 1.165) is 12.8 Å². The third-order valence-electron chi connectivity index (χ3n) is 2.73. The molecule has 0 spiro atoms. The average molecular weight is 276 g/mol. The Morgan fingerprint density at radius 3 is 2.35 bits per heavy atom. The SMILES string of the molecule is CCC(CC)NS(=O)(=O)c1ccc(Cl)cc1C. The fourth-order valence-corrected chi connectivity index (χ4v) is 3.51. The van der Waals surface area contributed by atoms with Crippen LogP contribution in [0.3, 0.4) is 0 Å². The molecule has 0 saturated carbocycles. The Balaban J connectivity index is 3.05. The highest BCUT2D eigenvalue weighted by atomic mass is 35.5. The van der Waals surface area contributed by atoms with Crippen molar-refractivity contribution >= 4 is 21.6 Å². The van der Waals surface area contributed by atoms with E-state index in [1.165, 1.54) is 0 Å². The van der Waals surface area contributed by atoms with Crippen LogP contribution in [-0.2, 0) is 10.0 Å². The molecule has 1 rings (SSSR count).